The van der Waals surface area contributed by atoms with Crippen LogP contribution in [0.5, 0.6) is 0 Å². The lowest BCUT2D eigenvalue weighted by atomic mass is 10.1. The van der Waals surface area contributed by atoms with Crippen molar-refractivity contribution in [2.45, 2.75) is 13.1 Å². The van der Waals surface area contributed by atoms with E-state index in [9.17, 15) is 22.8 Å². The van der Waals surface area contributed by atoms with Crippen LogP contribution in [0.3, 0.4) is 0 Å². The number of ether oxygens (including phenoxy) is 1. The molecule has 0 spiro atoms. The molecule has 0 radical (unpaired) electrons. The van der Waals surface area contributed by atoms with Gasteiger partial charge in [0.2, 0.25) is 5.91 Å². The third-order valence-electron chi connectivity index (χ3n) is 2.67. The Hall–Kier alpha value is -2.25. The van der Waals surface area contributed by atoms with Crippen molar-refractivity contribution in [2.75, 3.05) is 23.4 Å². The summed E-state index contributed by atoms with van der Waals surface area (Å²) in [4.78, 5) is 23.2. The Morgan fingerprint density at radius 2 is 2.10 bits per heavy atom. The Morgan fingerprint density at radius 3 is 2.60 bits per heavy atom. The van der Waals surface area contributed by atoms with E-state index in [1.54, 1.807) is 0 Å². The Balaban J connectivity index is 2.45. The van der Waals surface area contributed by atoms with Crippen molar-refractivity contribution in [2.24, 2.45) is 0 Å². The highest BCUT2D eigenvalue weighted by Gasteiger charge is 2.38. The van der Waals surface area contributed by atoms with Crippen LogP contribution < -0.4 is 10.2 Å². The molecule has 0 bridgehead atoms. The van der Waals surface area contributed by atoms with Crippen molar-refractivity contribution in [3.63, 3.8) is 0 Å². The zero-order valence-corrected chi connectivity index (χ0v) is 10.5. The highest BCUT2D eigenvalue weighted by molar-refractivity contribution is 5.92. The molecule has 2 rings (SSSR count). The monoisotopic (exact) mass is 288 g/mol. The van der Waals surface area contributed by atoms with Gasteiger partial charge in [-0.05, 0) is 18.2 Å². The number of rotatable bonds is 2. The first-order valence-electron chi connectivity index (χ1n) is 5.72. The molecule has 0 atom stereocenters. The molecule has 1 fully saturated rings. The van der Waals surface area contributed by atoms with Gasteiger partial charge in [0.05, 0.1) is 17.8 Å². The summed E-state index contributed by atoms with van der Waals surface area (Å²) in [6.07, 6.45) is -5.46. The van der Waals surface area contributed by atoms with E-state index >= 15 is 0 Å². The Bertz CT molecular complexity index is 557. The minimum Gasteiger partial charge on any atom is -0.447 e. The van der Waals surface area contributed by atoms with Gasteiger partial charge < -0.3 is 10.1 Å². The molecule has 5 nitrogen and oxygen atoms in total. The van der Waals surface area contributed by atoms with Gasteiger partial charge in [-0.1, -0.05) is 0 Å². The van der Waals surface area contributed by atoms with Crippen LogP contribution in [0.2, 0.25) is 0 Å². The summed E-state index contributed by atoms with van der Waals surface area (Å²) in [5, 5.41) is 2.27. The number of carbonyl (C=O) groups is 2. The molecule has 1 N–H and O–H groups in total. The number of amides is 2. The number of alkyl halides is 3. The maximum atomic E-state index is 13.1. The van der Waals surface area contributed by atoms with Crippen molar-refractivity contribution >= 4 is 23.4 Å². The van der Waals surface area contributed by atoms with E-state index in [0.29, 0.717) is 0 Å². The highest BCUT2D eigenvalue weighted by atomic mass is 19.4. The van der Waals surface area contributed by atoms with Crippen LogP contribution in [0.15, 0.2) is 18.2 Å². The summed E-state index contributed by atoms with van der Waals surface area (Å²) < 4.78 is 43.8. The van der Waals surface area contributed by atoms with Crippen LogP contribution in [0.25, 0.3) is 0 Å². The van der Waals surface area contributed by atoms with E-state index in [4.69, 9.17) is 0 Å². The molecular formula is C12H11F3N2O3. The molecule has 2 amide bonds. The third kappa shape index (κ3) is 2.84. The molecule has 1 aromatic carbocycles. The molecule has 0 saturated carbocycles. The molecule has 8 heteroatoms. The molecule has 0 aromatic heterocycles. The minimum absolute atomic E-state index is 0.0149. The first-order valence-corrected chi connectivity index (χ1v) is 5.72. The van der Waals surface area contributed by atoms with Crippen LogP contribution in [-0.2, 0) is 15.7 Å². The van der Waals surface area contributed by atoms with E-state index in [0.717, 1.165) is 17.0 Å². The van der Waals surface area contributed by atoms with Crippen LogP contribution in [0, 0.1) is 0 Å². The molecular weight excluding hydrogens is 277 g/mol. The molecule has 108 valence electrons. The molecule has 0 aliphatic carbocycles. The van der Waals surface area contributed by atoms with Crippen molar-refractivity contribution in [1.82, 2.24) is 0 Å². The Kier molecular flexibility index (Phi) is 3.56. The second-order valence-corrected chi connectivity index (χ2v) is 4.18. The van der Waals surface area contributed by atoms with Crippen molar-refractivity contribution < 1.29 is 27.5 Å². The zero-order chi connectivity index (χ0) is 14.9. The molecule has 1 aliphatic rings. The van der Waals surface area contributed by atoms with E-state index in [2.05, 4.69) is 10.1 Å². The summed E-state index contributed by atoms with van der Waals surface area (Å²) in [6.45, 7) is 1.30. The number of anilines is 2. The van der Waals surface area contributed by atoms with Crippen molar-refractivity contribution in [1.29, 1.82) is 0 Å². The van der Waals surface area contributed by atoms with Gasteiger partial charge in [0, 0.05) is 12.6 Å². The summed E-state index contributed by atoms with van der Waals surface area (Å²) in [7, 11) is 0. The summed E-state index contributed by atoms with van der Waals surface area (Å²) in [5.74, 6) is -0.480. The number of carbonyl (C=O) groups excluding carboxylic acids is 2. The number of nitrogens with one attached hydrogen (secondary N) is 1. The van der Waals surface area contributed by atoms with Gasteiger partial charge in [0.15, 0.2) is 0 Å². The van der Waals surface area contributed by atoms with Gasteiger partial charge in [-0.15, -0.1) is 0 Å². The van der Waals surface area contributed by atoms with Gasteiger partial charge in [-0.3, -0.25) is 9.69 Å². The average Bonchev–Trinajstić information content (AvgIpc) is 2.73. The van der Waals surface area contributed by atoms with Crippen LogP contribution in [0.1, 0.15) is 12.5 Å². The Morgan fingerprint density at radius 1 is 1.40 bits per heavy atom. The summed E-state index contributed by atoms with van der Waals surface area (Å²) >= 11 is 0. The number of benzene rings is 1. The predicted molar refractivity (Wildman–Crippen MR) is 64.4 cm³/mol. The lowest BCUT2D eigenvalue weighted by molar-refractivity contribution is -0.137. The molecule has 0 unspecified atom stereocenters. The average molecular weight is 288 g/mol. The van der Waals surface area contributed by atoms with Gasteiger partial charge >= 0.3 is 12.3 Å². The lowest BCUT2D eigenvalue weighted by Crippen LogP contribution is -2.26. The van der Waals surface area contributed by atoms with E-state index in [1.807, 2.05) is 0 Å². The molecule has 1 aromatic rings. The van der Waals surface area contributed by atoms with Crippen molar-refractivity contribution in [3.05, 3.63) is 23.8 Å². The number of hydrogen-bond donors (Lipinski definition) is 1. The highest BCUT2D eigenvalue weighted by Crippen LogP contribution is 2.39. The standard InChI is InChI=1S/C12H11F3N2O3/c1-7(18)16-8-2-3-10(9(6-8)12(13,14)15)17-4-5-20-11(17)19/h2-3,6H,4-5H2,1H3,(H,16,18). The van der Waals surface area contributed by atoms with Crippen LogP contribution in [-0.4, -0.2) is 25.2 Å². The number of halogens is 3. The lowest BCUT2D eigenvalue weighted by Gasteiger charge is -2.20. The predicted octanol–water partition coefficient (Wildman–Crippen LogP) is 2.62. The van der Waals surface area contributed by atoms with Crippen LogP contribution >= 0.6 is 0 Å². The van der Waals surface area contributed by atoms with Crippen molar-refractivity contribution in [3.8, 4) is 0 Å². The van der Waals surface area contributed by atoms with E-state index in [-0.39, 0.29) is 24.5 Å². The smallest absolute Gasteiger partial charge is 0.418 e. The number of nitrogens with zero attached hydrogens (tertiary/aromatic N) is 1. The normalized spacial score (nSPS) is 15.2. The second kappa shape index (κ2) is 5.03. The van der Waals surface area contributed by atoms with Gasteiger partial charge in [0.1, 0.15) is 6.61 Å². The van der Waals surface area contributed by atoms with E-state index in [1.165, 1.54) is 13.0 Å². The Labute approximate surface area is 112 Å². The molecule has 20 heavy (non-hydrogen) atoms. The fourth-order valence-electron chi connectivity index (χ4n) is 1.89. The summed E-state index contributed by atoms with van der Waals surface area (Å²) in [6, 6.07) is 3.24. The quantitative estimate of drug-likeness (QED) is 0.910. The van der Waals surface area contributed by atoms with E-state index < -0.39 is 23.7 Å². The largest absolute Gasteiger partial charge is 0.447 e. The first kappa shape index (κ1) is 14.2. The van der Waals surface area contributed by atoms with Gasteiger partial charge in [-0.2, -0.15) is 13.2 Å². The molecule has 1 saturated heterocycles. The SMILES string of the molecule is CC(=O)Nc1ccc(N2CCOC2=O)c(C(F)(F)F)c1. The van der Waals surface area contributed by atoms with Gasteiger partial charge in [-0.25, -0.2) is 4.79 Å². The number of hydrogen-bond acceptors (Lipinski definition) is 3. The third-order valence-corrected chi connectivity index (χ3v) is 2.67. The fourth-order valence-corrected chi connectivity index (χ4v) is 1.89. The van der Waals surface area contributed by atoms with Crippen LogP contribution in [0.4, 0.5) is 29.3 Å². The minimum atomic E-state index is -4.65. The second-order valence-electron chi connectivity index (χ2n) is 4.18. The maximum absolute atomic E-state index is 13.1. The first-order chi connectivity index (χ1) is 9.29. The number of cyclic esters (lactones) is 1. The fraction of sp³-hybridized carbons (Fsp3) is 0.333. The molecule has 1 heterocycles. The maximum Gasteiger partial charge on any atom is 0.418 e. The topological polar surface area (TPSA) is 58.6 Å². The molecule has 1 aliphatic heterocycles. The summed E-state index contributed by atoms with van der Waals surface area (Å²) in [5.41, 5.74) is -1.27. The zero-order valence-electron chi connectivity index (χ0n) is 10.5. The van der Waals surface area contributed by atoms with Gasteiger partial charge in [0.25, 0.3) is 0 Å².